The van der Waals surface area contributed by atoms with Crippen LogP contribution in [0.2, 0.25) is 0 Å². The number of hydrogen-bond acceptors (Lipinski definition) is 3. The van der Waals surface area contributed by atoms with Gasteiger partial charge in [-0.1, -0.05) is 18.7 Å². The first kappa shape index (κ1) is 12.8. The molecule has 0 fully saturated rings. The number of hydrogen-bond donors (Lipinski definition) is 2. The first-order valence-electron chi connectivity index (χ1n) is 4.16. The van der Waals surface area contributed by atoms with E-state index in [0.29, 0.717) is 6.42 Å². The van der Waals surface area contributed by atoms with Crippen LogP contribution in [0, 0.1) is 0 Å². The average molecular weight is 208 g/mol. The van der Waals surface area contributed by atoms with E-state index < -0.39 is 17.7 Å². The van der Waals surface area contributed by atoms with Gasteiger partial charge in [0.05, 0.1) is 0 Å². The van der Waals surface area contributed by atoms with E-state index in [0.717, 1.165) is 6.08 Å². The van der Waals surface area contributed by atoms with Crippen molar-refractivity contribution in [3.63, 3.8) is 0 Å². The van der Waals surface area contributed by atoms with Gasteiger partial charge in [-0.3, -0.25) is 19.7 Å². The molecule has 0 bridgehead atoms. The number of nitrogens with two attached hydrogens (primary N) is 1. The molecule has 0 aliphatic rings. The summed E-state index contributed by atoms with van der Waals surface area (Å²) in [5.74, 6) is -1.64. The normalized spacial score (nSPS) is 10.4. The Kier molecular flexibility index (Phi) is 6.20. The molecule has 0 unspecified atom stereocenters. The lowest BCUT2D eigenvalue weighted by Gasteiger charge is -1.93. The molecule has 0 rings (SSSR count). The highest BCUT2D eigenvalue weighted by Gasteiger charge is 1.97. The lowest BCUT2D eigenvalue weighted by Crippen LogP contribution is -2.26. The molecule has 0 saturated heterocycles. The fourth-order valence-electron chi connectivity index (χ4n) is 0.652. The molecule has 0 aromatic heterocycles. The van der Waals surface area contributed by atoms with Crippen molar-refractivity contribution in [2.24, 2.45) is 5.73 Å². The van der Waals surface area contributed by atoms with Gasteiger partial charge in [0.2, 0.25) is 17.7 Å². The van der Waals surface area contributed by atoms with E-state index in [1.807, 2.05) is 5.32 Å². The molecule has 0 saturated carbocycles. The molecule has 0 radical (unpaired) electrons. The number of primary amides is 1. The summed E-state index contributed by atoms with van der Waals surface area (Å²) in [5.41, 5.74) is 4.83. The molecule has 3 amide bonds. The van der Waals surface area contributed by atoms with Gasteiger partial charge in [0.1, 0.15) is 0 Å². The zero-order chi connectivity index (χ0) is 11.7. The predicted molar refractivity (Wildman–Crippen MR) is 55.4 cm³/mol. The van der Waals surface area contributed by atoms with Crippen molar-refractivity contribution < 1.29 is 14.4 Å². The molecule has 15 heavy (non-hydrogen) atoms. The minimum Gasteiger partial charge on any atom is -0.366 e. The Balaban J connectivity index is 3.87. The molecule has 80 valence electrons. The van der Waals surface area contributed by atoms with Crippen LogP contribution in [-0.2, 0) is 14.4 Å². The molecule has 0 aromatic carbocycles. The highest BCUT2D eigenvalue weighted by Crippen LogP contribution is 1.85. The van der Waals surface area contributed by atoms with Crippen LogP contribution in [-0.4, -0.2) is 17.7 Å². The highest BCUT2D eigenvalue weighted by atomic mass is 16.2. The number of allylic oxidation sites excluding steroid dienone is 2. The summed E-state index contributed by atoms with van der Waals surface area (Å²) in [5, 5.41) is 2.03. The summed E-state index contributed by atoms with van der Waals surface area (Å²) >= 11 is 0. The maximum atomic E-state index is 10.9. The van der Waals surface area contributed by atoms with Gasteiger partial charge in [-0.15, -0.1) is 0 Å². The summed E-state index contributed by atoms with van der Waals surface area (Å²) in [6, 6.07) is 0. The Morgan fingerprint density at radius 3 is 2.27 bits per heavy atom. The predicted octanol–water partition coefficient (Wildman–Crippen LogP) is -0.197. The Morgan fingerprint density at radius 2 is 1.73 bits per heavy atom. The smallest absolute Gasteiger partial charge is 0.250 e. The first-order valence-corrected chi connectivity index (χ1v) is 4.16. The van der Waals surface area contributed by atoms with Crippen LogP contribution < -0.4 is 11.1 Å². The monoisotopic (exact) mass is 208 g/mol. The van der Waals surface area contributed by atoms with Crippen molar-refractivity contribution in [2.75, 3.05) is 0 Å². The number of amides is 3. The third kappa shape index (κ3) is 8.17. The highest BCUT2D eigenvalue weighted by molar-refractivity contribution is 6.04. The van der Waals surface area contributed by atoms with Crippen LogP contribution in [0.1, 0.15) is 6.42 Å². The van der Waals surface area contributed by atoms with Crippen LogP contribution >= 0.6 is 0 Å². The Labute approximate surface area is 87.3 Å². The third-order valence-corrected chi connectivity index (χ3v) is 1.26. The molecule has 0 heterocycles. The minimum atomic E-state index is -0.558. The van der Waals surface area contributed by atoms with Crippen LogP contribution in [0.5, 0.6) is 0 Å². The molecule has 5 heteroatoms. The molecule has 5 nitrogen and oxygen atoms in total. The van der Waals surface area contributed by atoms with Crippen LogP contribution in [0.4, 0.5) is 0 Å². The standard InChI is InChI=1S/C10H12N2O3/c1-2-9(14)12-10(15)7-5-3-4-6-8(11)13/h2,4-7H,1,3H2,(H2,11,13)(H,12,14,15). The molecule has 0 aliphatic heterocycles. The Bertz CT molecular complexity index is 330. The van der Waals surface area contributed by atoms with Crippen LogP contribution in [0.25, 0.3) is 0 Å². The van der Waals surface area contributed by atoms with Crippen LogP contribution in [0.3, 0.4) is 0 Å². The molecule has 0 aromatic rings. The number of carbonyl (C=O) groups excluding carboxylic acids is 3. The number of nitrogens with one attached hydrogen (secondary N) is 1. The van der Waals surface area contributed by atoms with Crippen LogP contribution in [0.15, 0.2) is 37.0 Å². The topological polar surface area (TPSA) is 89.3 Å². The summed E-state index contributed by atoms with van der Waals surface area (Å²) < 4.78 is 0. The van der Waals surface area contributed by atoms with E-state index in [9.17, 15) is 14.4 Å². The van der Waals surface area contributed by atoms with Gasteiger partial charge in [0, 0.05) is 0 Å². The maximum absolute atomic E-state index is 10.9. The van der Waals surface area contributed by atoms with Gasteiger partial charge in [0.15, 0.2) is 0 Å². The molecular weight excluding hydrogens is 196 g/mol. The largest absolute Gasteiger partial charge is 0.366 e. The van der Waals surface area contributed by atoms with Gasteiger partial charge >= 0.3 is 0 Å². The molecule has 3 N–H and O–H groups in total. The van der Waals surface area contributed by atoms with Crippen molar-refractivity contribution in [1.82, 2.24) is 5.32 Å². The van der Waals surface area contributed by atoms with Crippen molar-refractivity contribution in [2.45, 2.75) is 6.42 Å². The fourth-order valence-corrected chi connectivity index (χ4v) is 0.652. The van der Waals surface area contributed by atoms with E-state index >= 15 is 0 Å². The van der Waals surface area contributed by atoms with E-state index in [-0.39, 0.29) is 0 Å². The second-order valence-corrected chi connectivity index (χ2v) is 2.50. The van der Waals surface area contributed by atoms with Crippen molar-refractivity contribution in [3.8, 4) is 0 Å². The maximum Gasteiger partial charge on any atom is 0.250 e. The number of rotatable bonds is 5. The lowest BCUT2D eigenvalue weighted by molar-refractivity contribution is -0.125. The molecule has 0 atom stereocenters. The van der Waals surface area contributed by atoms with Crippen molar-refractivity contribution in [1.29, 1.82) is 0 Å². The second kappa shape index (κ2) is 7.25. The van der Waals surface area contributed by atoms with Gasteiger partial charge in [0.25, 0.3) is 0 Å². The summed E-state index contributed by atoms with van der Waals surface area (Å²) in [6.45, 7) is 3.19. The summed E-state index contributed by atoms with van der Waals surface area (Å²) in [7, 11) is 0. The van der Waals surface area contributed by atoms with Gasteiger partial charge in [-0.25, -0.2) is 0 Å². The summed E-state index contributed by atoms with van der Waals surface area (Å²) in [4.78, 5) is 31.8. The van der Waals surface area contributed by atoms with Crippen molar-refractivity contribution in [3.05, 3.63) is 37.0 Å². The third-order valence-electron chi connectivity index (χ3n) is 1.26. The zero-order valence-corrected chi connectivity index (χ0v) is 8.10. The molecule has 0 aliphatic carbocycles. The quantitative estimate of drug-likeness (QED) is 0.613. The van der Waals surface area contributed by atoms with Gasteiger partial charge in [-0.2, -0.15) is 0 Å². The van der Waals surface area contributed by atoms with E-state index in [4.69, 9.17) is 5.73 Å². The van der Waals surface area contributed by atoms with E-state index in [1.54, 1.807) is 0 Å². The second-order valence-electron chi connectivity index (χ2n) is 2.50. The van der Waals surface area contributed by atoms with E-state index in [2.05, 4.69) is 6.58 Å². The zero-order valence-electron chi connectivity index (χ0n) is 8.10. The summed E-state index contributed by atoms with van der Waals surface area (Å²) in [6.07, 6.45) is 6.76. The fraction of sp³-hybridized carbons (Fsp3) is 0.100. The van der Waals surface area contributed by atoms with E-state index in [1.165, 1.54) is 24.3 Å². The average Bonchev–Trinajstić information content (AvgIpc) is 2.16. The minimum absolute atomic E-state index is 0.388. The Hall–Kier alpha value is -2.17. The number of imide groups is 1. The Morgan fingerprint density at radius 1 is 1.13 bits per heavy atom. The first-order chi connectivity index (χ1) is 7.06. The SMILES string of the molecule is C=CC(=O)NC(=O)C=CCC=CC(N)=O. The number of carbonyl (C=O) groups is 3. The lowest BCUT2D eigenvalue weighted by atomic mass is 10.3. The van der Waals surface area contributed by atoms with Gasteiger partial charge < -0.3 is 5.73 Å². The molecule has 0 spiro atoms. The van der Waals surface area contributed by atoms with Gasteiger partial charge in [-0.05, 0) is 24.6 Å². The van der Waals surface area contributed by atoms with Crippen molar-refractivity contribution >= 4 is 17.7 Å². The molecular formula is C10H12N2O3.